The molecule has 0 amide bonds. The van der Waals surface area contributed by atoms with Crippen LogP contribution in [0.15, 0.2) is 4.99 Å². The molecule has 0 aromatic heterocycles. The first-order valence-corrected chi connectivity index (χ1v) is 2.59. The predicted octanol–water partition coefficient (Wildman–Crippen LogP) is -0.750. The molecule has 0 spiro atoms. The van der Waals surface area contributed by atoms with Crippen LogP contribution >= 0.6 is 0 Å². The Kier molecular flexibility index (Phi) is 3.55. The molecule has 2 N–H and O–H groups in total. The Morgan fingerprint density at radius 3 is 2.27 bits per heavy atom. The summed E-state index contributed by atoms with van der Waals surface area (Å²) in [5, 5.41) is 16.3. The van der Waals surface area contributed by atoms with Gasteiger partial charge in [-0.15, -0.1) is 0 Å². The van der Waals surface area contributed by atoms with Crippen LogP contribution in [-0.2, 0) is 14.4 Å². The highest BCUT2D eigenvalue weighted by molar-refractivity contribution is 5.81. The molecule has 6 nitrogen and oxygen atoms in total. The van der Waals surface area contributed by atoms with Crippen LogP contribution in [0.5, 0.6) is 0 Å². The normalized spacial score (nSPS) is 11.3. The highest BCUT2D eigenvalue weighted by Gasteiger charge is 2.19. The van der Waals surface area contributed by atoms with Crippen molar-refractivity contribution in [2.75, 3.05) is 0 Å². The van der Waals surface area contributed by atoms with Gasteiger partial charge in [0.15, 0.2) is 6.04 Å². The summed E-state index contributed by atoms with van der Waals surface area (Å²) in [6, 6.07) is -1.52. The van der Waals surface area contributed by atoms with Crippen LogP contribution in [0.3, 0.4) is 0 Å². The Morgan fingerprint density at radius 2 is 2.00 bits per heavy atom. The molecule has 0 fully saturated rings. The van der Waals surface area contributed by atoms with E-state index in [1.54, 1.807) is 0 Å². The fourth-order valence-corrected chi connectivity index (χ4v) is 0.417. The van der Waals surface area contributed by atoms with E-state index in [1.165, 1.54) is 0 Å². The lowest BCUT2D eigenvalue weighted by Gasteiger charge is -1.98. The zero-order valence-corrected chi connectivity index (χ0v) is 5.35. The number of carboxylic acids is 2. The maximum Gasteiger partial charge on any atom is 0.329 e. The van der Waals surface area contributed by atoms with Crippen LogP contribution in [0.25, 0.3) is 0 Å². The maximum absolute atomic E-state index is 10.1. The van der Waals surface area contributed by atoms with Crippen molar-refractivity contribution < 1.29 is 24.6 Å². The fourth-order valence-electron chi connectivity index (χ4n) is 0.417. The zero-order chi connectivity index (χ0) is 8.85. The first-order valence-electron chi connectivity index (χ1n) is 2.59. The topological polar surface area (TPSA) is 104 Å². The number of nitrogens with zero attached hydrogens (tertiary/aromatic N) is 1. The molecule has 60 valence electrons. The third-order valence-electron chi connectivity index (χ3n) is 0.862. The van der Waals surface area contributed by atoms with E-state index in [2.05, 4.69) is 4.99 Å². The number of aliphatic carboxylic acids is 2. The van der Waals surface area contributed by atoms with E-state index in [-0.39, 0.29) is 0 Å². The monoisotopic (exact) mass is 159 g/mol. The number of rotatable bonds is 4. The second-order valence-corrected chi connectivity index (χ2v) is 1.67. The minimum atomic E-state index is -1.52. The lowest BCUT2D eigenvalue weighted by atomic mass is 10.2. The molecule has 0 heterocycles. The molecule has 0 aliphatic rings. The summed E-state index contributed by atoms with van der Waals surface area (Å²) in [5.41, 5.74) is 0. The van der Waals surface area contributed by atoms with E-state index >= 15 is 0 Å². The molecule has 0 radical (unpaired) electrons. The SMILES string of the molecule is O=C=N[C@@H](CC(=O)O)C(=O)O. The Balaban J connectivity index is 4.22. The van der Waals surface area contributed by atoms with Crippen LogP contribution in [0.1, 0.15) is 6.42 Å². The van der Waals surface area contributed by atoms with Gasteiger partial charge in [-0.1, -0.05) is 0 Å². The van der Waals surface area contributed by atoms with E-state index in [9.17, 15) is 14.4 Å². The van der Waals surface area contributed by atoms with Crippen LogP contribution in [0.2, 0.25) is 0 Å². The molecule has 0 saturated carbocycles. The van der Waals surface area contributed by atoms with Gasteiger partial charge in [-0.3, -0.25) is 4.79 Å². The molecule has 0 saturated heterocycles. The van der Waals surface area contributed by atoms with Crippen molar-refractivity contribution in [1.82, 2.24) is 0 Å². The van der Waals surface area contributed by atoms with Gasteiger partial charge in [-0.2, -0.15) is 4.99 Å². The molecule has 0 bridgehead atoms. The van der Waals surface area contributed by atoms with Gasteiger partial charge in [0, 0.05) is 0 Å². The Morgan fingerprint density at radius 1 is 1.45 bits per heavy atom. The van der Waals surface area contributed by atoms with Crippen molar-refractivity contribution in [2.24, 2.45) is 4.99 Å². The highest BCUT2D eigenvalue weighted by atomic mass is 16.4. The van der Waals surface area contributed by atoms with Crippen molar-refractivity contribution in [3.05, 3.63) is 0 Å². The third kappa shape index (κ3) is 3.83. The summed E-state index contributed by atoms with van der Waals surface area (Å²) >= 11 is 0. The van der Waals surface area contributed by atoms with Gasteiger partial charge in [0.1, 0.15) is 0 Å². The summed E-state index contributed by atoms with van der Waals surface area (Å²) in [4.78, 5) is 32.4. The summed E-state index contributed by atoms with van der Waals surface area (Å²) in [6.45, 7) is 0. The lowest BCUT2D eigenvalue weighted by molar-refractivity contribution is -0.144. The van der Waals surface area contributed by atoms with Crippen LogP contribution in [0.4, 0.5) is 0 Å². The number of isocyanates is 1. The Hall–Kier alpha value is -1.68. The standard InChI is InChI=1S/C5H5NO5/c7-2-6-3(5(10)11)1-4(8)9/h3H,1H2,(H,8,9)(H,10,11)/t3-/m0/s1. The van der Waals surface area contributed by atoms with Crippen molar-refractivity contribution in [3.8, 4) is 0 Å². The lowest BCUT2D eigenvalue weighted by Crippen LogP contribution is -2.21. The molecule has 0 aliphatic carbocycles. The molecule has 0 aromatic rings. The smallest absolute Gasteiger partial charge is 0.329 e. The first-order chi connectivity index (χ1) is 5.07. The van der Waals surface area contributed by atoms with E-state index in [0.29, 0.717) is 0 Å². The fraction of sp³-hybridized carbons (Fsp3) is 0.400. The Bertz CT molecular complexity index is 215. The molecule has 0 unspecified atom stereocenters. The minimum absolute atomic E-state index is 0.704. The van der Waals surface area contributed by atoms with Gasteiger partial charge in [-0.05, 0) is 0 Å². The summed E-state index contributed by atoms with van der Waals surface area (Å²) in [5.74, 6) is -2.77. The van der Waals surface area contributed by atoms with Crippen molar-refractivity contribution >= 4 is 18.0 Å². The second-order valence-electron chi connectivity index (χ2n) is 1.67. The van der Waals surface area contributed by atoms with E-state index in [4.69, 9.17) is 10.2 Å². The minimum Gasteiger partial charge on any atom is -0.481 e. The first kappa shape index (κ1) is 9.32. The van der Waals surface area contributed by atoms with Crippen molar-refractivity contribution in [2.45, 2.75) is 12.5 Å². The van der Waals surface area contributed by atoms with Crippen LogP contribution < -0.4 is 0 Å². The summed E-state index contributed by atoms with van der Waals surface area (Å²) < 4.78 is 0. The van der Waals surface area contributed by atoms with E-state index in [1.807, 2.05) is 0 Å². The van der Waals surface area contributed by atoms with E-state index in [0.717, 1.165) is 6.08 Å². The number of carbonyl (C=O) groups is 2. The largest absolute Gasteiger partial charge is 0.481 e. The van der Waals surface area contributed by atoms with Gasteiger partial charge in [-0.25, -0.2) is 9.59 Å². The average Bonchev–Trinajstić information content (AvgIpc) is 1.86. The predicted molar refractivity (Wildman–Crippen MR) is 31.8 cm³/mol. The average molecular weight is 159 g/mol. The second kappa shape index (κ2) is 4.19. The van der Waals surface area contributed by atoms with Crippen molar-refractivity contribution in [3.63, 3.8) is 0 Å². The quantitative estimate of drug-likeness (QED) is 0.414. The number of carbonyl (C=O) groups excluding carboxylic acids is 1. The molecule has 11 heavy (non-hydrogen) atoms. The summed E-state index contributed by atoms with van der Waals surface area (Å²) in [7, 11) is 0. The van der Waals surface area contributed by atoms with Crippen LogP contribution in [0, 0.1) is 0 Å². The van der Waals surface area contributed by atoms with Gasteiger partial charge >= 0.3 is 11.9 Å². The molecule has 6 heteroatoms. The molecule has 0 aromatic carbocycles. The third-order valence-corrected chi connectivity index (χ3v) is 0.862. The molecular formula is C5H5NO5. The van der Waals surface area contributed by atoms with Crippen molar-refractivity contribution in [1.29, 1.82) is 0 Å². The van der Waals surface area contributed by atoms with Crippen LogP contribution in [-0.4, -0.2) is 34.3 Å². The molecular weight excluding hydrogens is 154 g/mol. The molecule has 0 rings (SSSR count). The van der Waals surface area contributed by atoms with E-state index < -0.39 is 24.4 Å². The highest BCUT2D eigenvalue weighted by Crippen LogP contribution is 1.96. The van der Waals surface area contributed by atoms with Gasteiger partial charge in [0.05, 0.1) is 6.42 Å². The number of aliphatic imine (C=N–C) groups is 1. The Labute approximate surface area is 61.2 Å². The molecule has 1 atom stereocenters. The number of carboxylic acid groups (broad SMARTS) is 2. The van der Waals surface area contributed by atoms with Gasteiger partial charge in [0.2, 0.25) is 6.08 Å². The number of hydrogen-bond donors (Lipinski definition) is 2. The maximum atomic E-state index is 10.1. The van der Waals surface area contributed by atoms with Gasteiger partial charge < -0.3 is 10.2 Å². The summed E-state index contributed by atoms with van der Waals surface area (Å²) in [6.07, 6.45) is 0.282. The zero-order valence-electron chi connectivity index (χ0n) is 5.35. The molecule has 0 aliphatic heterocycles. The van der Waals surface area contributed by atoms with Gasteiger partial charge in [0.25, 0.3) is 0 Å². The number of hydrogen-bond acceptors (Lipinski definition) is 4.